The van der Waals surface area contributed by atoms with Crippen LogP contribution in [0.4, 0.5) is 0 Å². The van der Waals surface area contributed by atoms with E-state index < -0.39 is 6.49 Å². The third-order valence-corrected chi connectivity index (χ3v) is 3.72. The summed E-state index contributed by atoms with van der Waals surface area (Å²) in [7, 11) is 0. The monoisotopic (exact) mass is 268 g/mol. The van der Waals surface area contributed by atoms with Crippen molar-refractivity contribution in [3.8, 4) is 0 Å². The van der Waals surface area contributed by atoms with E-state index in [2.05, 4.69) is 4.98 Å². The Kier molecular flexibility index (Phi) is 3.18. The maximum Gasteiger partial charge on any atom is 0.263 e. The van der Waals surface area contributed by atoms with E-state index in [1.165, 1.54) is 23.6 Å². The van der Waals surface area contributed by atoms with Crippen LogP contribution in [0.3, 0.4) is 0 Å². The fourth-order valence-corrected chi connectivity index (χ4v) is 2.66. The fraction of sp³-hybridized carbons (Fsp3) is 0.0909. The molecule has 2 aromatic rings. The van der Waals surface area contributed by atoms with Gasteiger partial charge in [0.1, 0.15) is 0 Å². The van der Waals surface area contributed by atoms with Gasteiger partial charge in [-0.15, -0.1) is 0 Å². The van der Waals surface area contributed by atoms with Crippen LogP contribution in [0, 0.1) is 0 Å². The molecule has 1 aromatic heterocycles. The van der Waals surface area contributed by atoms with Gasteiger partial charge in [0.2, 0.25) is 6.49 Å². The average Bonchev–Trinajstić information content (AvgIpc) is 2.78. The molecule has 0 aliphatic heterocycles. The van der Waals surface area contributed by atoms with Crippen LogP contribution in [-0.2, 0) is 4.57 Å². The topological polar surface area (TPSA) is 52.0 Å². The first-order valence-corrected chi connectivity index (χ1v) is 7.97. The number of imidazole rings is 1. The van der Waals surface area contributed by atoms with Crippen molar-refractivity contribution in [3.05, 3.63) is 48.3 Å². The normalized spacial score (nSPS) is 14.2. The summed E-state index contributed by atoms with van der Waals surface area (Å²) in [5.41, 5.74) is 0.602. The summed E-state index contributed by atoms with van der Waals surface area (Å²) in [5, 5.41) is 0. The molecule has 2 rings (SSSR count). The van der Waals surface area contributed by atoms with E-state index in [9.17, 15) is 9.36 Å². The molecule has 4 nitrogen and oxygen atoms in total. The summed E-state index contributed by atoms with van der Waals surface area (Å²) in [5.74, 6) is -0.291. The molecule has 0 amide bonds. The quantitative estimate of drug-likeness (QED) is 0.786. The average molecular weight is 269 g/mol. The van der Waals surface area contributed by atoms with Gasteiger partial charge in [0, 0.05) is 24.6 Å². The van der Waals surface area contributed by atoms with Gasteiger partial charge in [-0.2, -0.15) is 0 Å². The molecule has 0 aliphatic carbocycles. The Bertz CT molecular complexity index is 589. The van der Waals surface area contributed by atoms with Crippen molar-refractivity contribution in [3.63, 3.8) is 0 Å². The zero-order valence-corrected chi connectivity index (χ0v) is 10.7. The Morgan fingerprint density at radius 3 is 2.59 bits per heavy atom. The van der Waals surface area contributed by atoms with Crippen molar-refractivity contribution in [1.29, 1.82) is 0 Å². The zero-order chi connectivity index (χ0) is 12.5. The molecule has 17 heavy (non-hydrogen) atoms. The molecular formula is C11H10ClN2O2P. The van der Waals surface area contributed by atoms with Crippen LogP contribution in [0.5, 0.6) is 0 Å². The van der Waals surface area contributed by atoms with Gasteiger partial charge < -0.3 is 0 Å². The smallest absolute Gasteiger partial charge is 0.263 e. The molecule has 1 heterocycles. The van der Waals surface area contributed by atoms with Crippen LogP contribution >= 0.6 is 17.7 Å². The zero-order valence-electron chi connectivity index (χ0n) is 9.08. The Morgan fingerprint density at radius 2 is 2.00 bits per heavy atom. The van der Waals surface area contributed by atoms with Crippen molar-refractivity contribution < 1.29 is 9.36 Å². The van der Waals surface area contributed by atoms with E-state index in [1.54, 1.807) is 24.3 Å². The number of hydrogen-bond acceptors (Lipinski definition) is 3. The minimum absolute atomic E-state index is 0.105. The first-order chi connectivity index (χ1) is 8.00. The lowest BCUT2D eigenvalue weighted by Gasteiger charge is -2.07. The molecular weight excluding hydrogens is 259 g/mol. The van der Waals surface area contributed by atoms with Gasteiger partial charge >= 0.3 is 0 Å². The second kappa shape index (κ2) is 4.47. The highest BCUT2D eigenvalue weighted by molar-refractivity contribution is 7.94. The van der Waals surface area contributed by atoms with Crippen LogP contribution in [0.2, 0.25) is 0 Å². The van der Waals surface area contributed by atoms with Crippen molar-refractivity contribution in [1.82, 2.24) is 9.55 Å². The molecule has 0 radical (unpaired) electrons. The lowest BCUT2D eigenvalue weighted by molar-refractivity contribution is 0.0963. The van der Waals surface area contributed by atoms with Crippen molar-refractivity contribution >= 4 is 29.2 Å². The number of benzene rings is 1. The first kappa shape index (κ1) is 12.1. The second-order valence-electron chi connectivity index (χ2n) is 3.59. The van der Waals surface area contributed by atoms with Crippen LogP contribution < -0.4 is 5.57 Å². The van der Waals surface area contributed by atoms with Crippen LogP contribution in [-0.4, -0.2) is 22.1 Å². The molecule has 0 aliphatic rings. The van der Waals surface area contributed by atoms with Crippen molar-refractivity contribution in [2.45, 2.75) is 0 Å². The summed E-state index contributed by atoms with van der Waals surface area (Å²) in [6.45, 7) is -1.71. The number of nitrogens with zero attached hydrogens (tertiary/aromatic N) is 2. The lowest BCUT2D eigenvalue weighted by Crippen LogP contribution is -2.24. The van der Waals surface area contributed by atoms with Gasteiger partial charge in [-0.1, -0.05) is 18.2 Å². The van der Waals surface area contributed by atoms with E-state index >= 15 is 0 Å². The predicted molar refractivity (Wildman–Crippen MR) is 67.4 cm³/mol. The maximum atomic E-state index is 12.1. The summed E-state index contributed by atoms with van der Waals surface area (Å²) in [6, 6.07) is 8.70. The Hall–Kier alpha value is -1.38. The Balaban J connectivity index is 2.47. The molecule has 1 unspecified atom stereocenters. The molecule has 88 valence electrons. The minimum Gasteiger partial charge on any atom is -0.299 e. The first-order valence-electron chi connectivity index (χ1n) is 4.91. The second-order valence-corrected chi connectivity index (χ2v) is 7.56. The molecule has 0 saturated carbocycles. The molecule has 0 saturated heterocycles. The van der Waals surface area contributed by atoms with Gasteiger partial charge in [0.15, 0.2) is 5.57 Å². The van der Waals surface area contributed by atoms with Gasteiger partial charge in [-0.05, 0) is 23.4 Å². The SMILES string of the molecule is CP(=O)(Cl)c1nccn1C(=O)c1ccccc1. The number of aromatic nitrogens is 2. The molecule has 1 aromatic carbocycles. The largest absolute Gasteiger partial charge is 0.299 e. The standard InChI is InChI=1S/C11H10ClN2O2P/c1-17(12,16)11-13-7-8-14(11)10(15)9-5-3-2-4-6-9/h2-8H,1H3. The minimum atomic E-state index is -3.08. The fourth-order valence-electron chi connectivity index (χ4n) is 1.47. The maximum absolute atomic E-state index is 12.1. The van der Waals surface area contributed by atoms with Crippen molar-refractivity contribution in [2.24, 2.45) is 0 Å². The third kappa shape index (κ3) is 2.48. The predicted octanol–water partition coefficient (Wildman–Crippen LogP) is 2.34. The molecule has 6 heteroatoms. The Labute approximate surface area is 103 Å². The van der Waals surface area contributed by atoms with Crippen molar-refractivity contribution in [2.75, 3.05) is 6.66 Å². The highest BCUT2D eigenvalue weighted by Gasteiger charge is 2.24. The molecule has 1 atom stereocenters. The lowest BCUT2D eigenvalue weighted by atomic mass is 10.2. The summed E-state index contributed by atoms with van der Waals surface area (Å²) in [4.78, 5) is 16.0. The van der Waals surface area contributed by atoms with E-state index in [0.29, 0.717) is 5.56 Å². The van der Waals surface area contributed by atoms with E-state index in [-0.39, 0.29) is 11.5 Å². The van der Waals surface area contributed by atoms with E-state index in [4.69, 9.17) is 11.2 Å². The number of carbonyl (C=O) groups is 1. The van der Waals surface area contributed by atoms with E-state index in [1.807, 2.05) is 6.07 Å². The van der Waals surface area contributed by atoms with Gasteiger partial charge in [-0.3, -0.25) is 13.9 Å². The highest BCUT2D eigenvalue weighted by atomic mass is 35.7. The van der Waals surface area contributed by atoms with Gasteiger partial charge in [0.25, 0.3) is 5.91 Å². The Morgan fingerprint density at radius 1 is 1.35 bits per heavy atom. The highest BCUT2D eigenvalue weighted by Crippen LogP contribution is 2.44. The molecule has 0 bridgehead atoms. The van der Waals surface area contributed by atoms with Crippen LogP contribution in [0.25, 0.3) is 0 Å². The van der Waals surface area contributed by atoms with Gasteiger partial charge in [-0.25, -0.2) is 4.98 Å². The van der Waals surface area contributed by atoms with Crippen LogP contribution in [0.1, 0.15) is 10.4 Å². The van der Waals surface area contributed by atoms with E-state index in [0.717, 1.165) is 0 Å². The summed E-state index contributed by atoms with van der Waals surface area (Å²) < 4.78 is 13.0. The summed E-state index contributed by atoms with van der Waals surface area (Å²) >= 11 is 5.76. The molecule has 0 fully saturated rings. The third-order valence-electron chi connectivity index (χ3n) is 2.22. The molecule has 0 N–H and O–H groups in total. The number of rotatable bonds is 2. The number of halogens is 1. The summed E-state index contributed by atoms with van der Waals surface area (Å²) in [6.07, 6.45) is 2.87. The molecule has 0 spiro atoms. The van der Waals surface area contributed by atoms with Gasteiger partial charge in [0.05, 0.1) is 0 Å². The number of hydrogen-bond donors (Lipinski definition) is 0. The van der Waals surface area contributed by atoms with Crippen LogP contribution in [0.15, 0.2) is 42.7 Å². The number of carbonyl (C=O) groups excluding carboxylic acids is 1.